The molecule has 0 N–H and O–H groups in total. The van der Waals surface area contributed by atoms with Crippen LogP contribution in [-0.2, 0) is 28.6 Å². The van der Waals surface area contributed by atoms with Gasteiger partial charge in [0.25, 0.3) is 0 Å². The molecule has 0 aromatic carbocycles. The molecule has 0 aliphatic heterocycles. The molecule has 1 atom stereocenters. The topological polar surface area (TPSA) is 78.9 Å². The maximum absolute atomic E-state index is 12.9. The summed E-state index contributed by atoms with van der Waals surface area (Å²) in [5.41, 5.74) is 0. The van der Waals surface area contributed by atoms with Crippen molar-refractivity contribution in [1.29, 1.82) is 0 Å². The van der Waals surface area contributed by atoms with Crippen LogP contribution in [0.3, 0.4) is 0 Å². The molecule has 0 aromatic heterocycles. The van der Waals surface area contributed by atoms with E-state index >= 15 is 0 Å². The Hall–Kier alpha value is -1.59. The molecule has 0 aliphatic rings. The first-order valence-corrected chi connectivity index (χ1v) is 35.5. The molecule has 0 radical (unpaired) electrons. The Morgan fingerprint density at radius 3 is 0.519 bits per heavy atom. The predicted octanol–water partition coefficient (Wildman–Crippen LogP) is 24.2. The molecule has 0 saturated carbocycles. The van der Waals surface area contributed by atoms with Crippen molar-refractivity contribution in [3.8, 4) is 0 Å². The highest BCUT2D eigenvalue weighted by molar-refractivity contribution is 5.71. The van der Waals surface area contributed by atoms with Crippen LogP contribution in [0.15, 0.2) is 0 Å². The number of ether oxygens (including phenoxy) is 3. The van der Waals surface area contributed by atoms with Crippen LogP contribution in [0.5, 0.6) is 0 Å². The van der Waals surface area contributed by atoms with E-state index in [-0.39, 0.29) is 31.1 Å². The third kappa shape index (κ3) is 65.1. The number of carbonyl (C=O) groups excluding carboxylic acids is 3. The average Bonchev–Trinajstić information content (AvgIpc) is 3.43. The summed E-state index contributed by atoms with van der Waals surface area (Å²) in [6, 6.07) is 0. The van der Waals surface area contributed by atoms with Crippen LogP contribution in [-0.4, -0.2) is 37.2 Å². The standard InChI is InChI=1S/C71H138O6/c1-4-7-10-13-16-19-21-23-25-27-29-31-32-33-34-35-36-37-38-39-41-42-44-46-48-50-52-55-58-61-64-70(73)76-67-68(66-75-69(72)63-60-57-54-18-15-12-9-6-3)77-71(74)65-62-59-56-53-51-49-47-45-43-40-30-28-26-24-22-20-17-14-11-8-5-2/h68H,4-67H2,1-3H3. The van der Waals surface area contributed by atoms with Gasteiger partial charge in [-0.1, -0.05) is 380 Å². The van der Waals surface area contributed by atoms with Gasteiger partial charge < -0.3 is 14.2 Å². The van der Waals surface area contributed by atoms with E-state index in [1.54, 1.807) is 0 Å². The number of esters is 3. The van der Waals surface area contributed by atoms with Crippen molar-refractivity contribution in [3.63, 3.8) is 0 Å². The molecule has 0 aromatic rings. The molecule has 0 spiro atoms. The zero-order chi connectivity index (χ0) is 55.7. The van der Waals surface area contributed by atoms with Crippen molar-refractivity contribution in [1.82, 2.24) is 0 Å². The van der Waals surface area contributed by atoms with Gasteiger partial charge in [-0.05, 0) is 19.3 Å². The number of rotatable bonds is 67. The van der Waals surface area contributed by atoms with Crippen LogP contribution in [0.2, 0.25) is 0 Å². The molecule has 0 aliphatic carbocycles. The molecule has 0 bridgehead atoms. The second kappa shape index (κ2) is 66.9. The SMILES string of the molecule is CCCCCCCCCCCCCCCCCCCCCCCCCCCCCCCCC(=O)OCC(COC(=O)CCCCCCCCCC)OC(=O)CCCCCCCCCCCCCCCCCCCCCCC. The van der Waals surface area contributed by atoms with Crippen LogP contribution in [0, 0.1) is 0 Å². The molecule has 6 nitrogen and oxygen atoms in total. The predicted molar refractivity (Wildman–Crippen MR) is 335 cm³/mol. The van der Waals surface area contributed by atoms with Gasteiger partial charge in [-0.15, -0.1) is 0 Å². The molecule has 0 heterocycles. The van der Waals surface area contributed by atoms with Gasteiger partial charge in [0.1, 0.15) is 13.2 Å². The fourth-order valence-corrected chi connectivity index (χ4v) is 11.3. The number of unbranched alkanes of at least 4 members (excludes halogenated alkanes) is 56. The summed E-state index contributed by atoms with van der Waals surface area (Å²) in [5, 5.41) is 0. The molecular weight excluding hydrogens is 949 g/mol. The lowest BCUT2D eigenvalue weighted by Gasteiger charge is -2.18. The van der Waals surface area contributed by atoms with E-state index in [1.807, 2.05) is 0 Å². The van der Waals surface area contributed by atoms with Crippen molar-refractivity contribution < 1.29 is 28.6 Å². The van der Waals surface area contributed by atoms with E-state index in [1.165, 1.54) is 321 Å². The van der Waals surface area contributed by atoms with Crippen LogP contribution >= 0.6 is 0 Å². The molecule has 0 saturated heterocycles. The summed E-state index contributed by atoms with van der Waals surface area (Å²) in [4.78, 5) is 38.2. The summed E-state index contributed by atoms with van der Waals surface area (Å²) < 4.78 is 16.9. The lowest BCUT2D eigenvalue weighted by Crippen LogP contribution is -2.30. The normalized spacial score (nSPS) is 11.9. The summed E-state index contributed by atoms with van der Waals surface area (Å²) in [6.45, 7) is 6.71. The zero-order valence-electron chi connectivity index (χ0n) is 52.8. The van der Waals surface area contributed by atoms with E-state index in [9.17, 15) is 14.4 Å². The maximum Gasteiger partial charge on any atom is 0.306 e. The summed E-state index contributed by atoms with van der Waals surface area (Å²) in [5.74, 6) is -0.830. The van der Waals surface area contributed by atoms with E-state index in [0.717, 1.165) is 57.8 Å². The Labute approximate surface area is 482 Å². The first kappa shape index (κ1) is 75.4. The Morgan fingerprint density at radius 2 is 0.351 bits per heavy atom. The summed E-state index contributed by atoms with van der Waals surface area (Å²) in [7, 11) is 0. The highest BCUT2D eigenvalue weighted by Crippen LogP contribution is 2.20. The Balaban J connectivity index is 4.00. The van der Waals surface area contributed by atoms with E-state index in [4.69, 9.17) is 14.2 Å². The smallest absolute Gasteiger partial charge is 0.306 e. The van der Waals surface area contributed by atoms with Gasteiger partial charge in [-0.2, -0.15) is 0 Å². The van der Waals surface area contributed by atoms with Gasteiger partial charge in [-0.3, -0.25) is 14.4 Å². The molecule has 458 valence electrons. The fourth-order valence-electron chi connectivity index (χ4n) is 11.3. The summed E-state index contributed by atoms with van der Waals surface area (Å²) >= 11 is 0. The van der Waals surface area contributed by atoms with Gasteiger partial charge >= 0.3 is 17.9 Å². The number of hydrogen-bond acceptors (Lipinski definition) is 6. The number of hydrogen-bond donors (Lipinski definition) is 0. The van der Waals surface area contributed by atoms with Gasteiger partial charge in [0.2, 0.25) is 0 Å². The minimum absolute atomic E-state index is 0.0610. The first-order chi connectivity index (χ1) is 38.0. The Kier molecular flexibility index (Phi) is 65.5. The molecular formula is C71H138O6. The van der Waals surface area contributed by atoms with Crippen molar-refractivity contribution in [2.75, 3.05) is 13.2 Å². The van der Waals surface area contributed by atoms with Gasteiger partial charge in [0.15, 0.2) is 6.10 Å². The lowest BCUT2D eigenvalue weighted by molar-refractivity contribution is -0.167. The second-order valence-electron chi connectivity index (χ2n) is 24.5. The van der Waals surface area contributed by atoms with E-state index in [0.29, 0.717) is 19.3 Å². The summed E-state index contributed by atoms with van der Waals surface area (Å²) in [6.07, 6.45) is 78.8. The third-order valence-electron chi connectivity index (χ3n) is 16.6. The average molecular weight is 1090 g/mol. The van der Waals surface area contributed by atoms with Crippen molar-refractivity contribution in [2.24, 2.45) is 0 Å². The van der Waals surface area contributed by atoms with Crippen LogP contribution in [0.25, 0.3) is 0 Å². The quantitative estimate of drug-likeness (QED) is 0.0343. The Morgan fingerprint density at radius 1 is 0.208 bits per heavy atom. The van der Waals surface area contributed by atoms with Gasteiger partial charge in [-0.25, -0.2) is 0 Å². The highest BCUT2D eigenvalue weighted by Gasteiger charge is 2.19. The van der Waals surface area contributed by atoms with E-state index in [2.05, 4.69) is 20.8 Å². The largest absolute Gasteiger partial charge is 0.462 e. The second-order valence-corrected chi connectivity index (χ2v) is 24.5. The monoisotopic (exact) mass is 1090 g/mol. The minimum atomic E-state index is -0.762. The van der Waals surface area contributed by atoms with Crippen LogP contribution < -0.4 is 0 Å². The fraction of sp³-hybridized carbons (Fsp3) is 0.958. The lowest BCUT2D eigenvalue weighted by atomic mass is 10.0. The van der Waals surface area contributed by atoms with Gasteiger partial charge in [0, 0.05) is 19.3 Å². The third-order valence-corrected chi connectivity index (χ3v) is 16.6. The Bertz CT molecular complexity index is 1160. The highest BCUT2D eigenvalue weighted by atomic mass is 16.6. The molecule has 0 amide bonds. The molecule has 77 heavy (non-hydrogen) atoms. The molecule has 6 heteroatoms. The van der Waals surface area contributed by atoms with Gasteiger partial charge in [0.05, 0.1) is 0 Å². The van der Waals surface area contributed by atoms with Crippen LogP contribution in [0.1, 0.15) is 419 Å². The maximum atomic E-state index is 12.9. The molecule has 0 fully saturated rings. The first-order valence-electron chi connectivity index (χ1n) is 35.5. The minimum Gasteiger partial charge on any atom is -0.462 e. The van der Waals surface area contributed by atoms with Crippen molar-refractivity contribution >= 4 is 17.9 Å². The zero-order valence-corrected chi connectivity index (χ0v) is 52.8. The van der Waals surface area contributed by atoms with Crippen molar-refractivity contribution in [2.45, 2.75) is 425 Å². The molecule has 0 rings (SSSR count). The van der Waals surface area contributed by atoms with Crippen molar-refractivity contribution in [3.05, 3.63) is 0 Å². The molecule has 1 unspecified atom stereocenters. The number of carbonyl (C=O) groups is 3. The van der Waals surface area contributed by atoms with E-state index < -0.39 is 6.10 Å². The van der Waals surface area contributed by atoms with Crippen LogP contribution in [0.4, 0.5) is 0 Å².